The smallest absolute Gasteiger partial charge is 0.292 e. The molecule has 0 saturated carbocycles. The third-order valence-electron chi connectivity index (χ3n) is 2.51. The van der Waals surface area contributed by atoms with Gasteiger partial charge in [-0.15, -0.1) is 11.3 Å². The van der Waals surface area contributed by atoms with E-state index < -0.39 is 0 Å². The minimum Gasteiger partial charge on any atom is -0.451 e. The number of carbonyl (C=O) groups is 1. The number of carbonyl (C=O) groups excluding carboxylic acids is 1. The van der Waals surface area contributed by atoms with Crippen LogP contribution in [0.4, 0.5) is 5.00 Å². The lowest BCUT2D eigenvalue weighted by Gasteiger charge is -1.96. The molecule has 1 N–H and O–H groups in total. The number of fused-ring (bicyclic) bond motifs is 1. The predicted molar refractivity (Wildman–Crippen MR) is 71.0 cm³/mol. The summed E-state index contributed by atoms with van der Waals surface area (Å²) in [7, 11) is 0. The van der Waals surface area contributed by atoms with Crippen LogP contribution in [0.25, 0.3) is 11.0 Å². The Morgan fingerprint density at radius 3 is 2.94 bits per heavy atom. The highest BCUT2D eigenvalue weighted by Gasteiger charge is 2.13. The average Bonchev–Trinajstić information content (AvgIpc) is 2.95. The van der Waals surface area contributed by atoms with E-state index in [2.05, 4.69) is 10.3 Å². The number of aryl methyl sites for hydroxylation is 1. The summed E-state index contributed by atoms with van der Waals surface area (Å²) in [5.74, 6) is 0.0529. The van der Waals surface area contributed by atoms with Crippen LogP contribution in [0, 0.1) is 6.92 Å². The summed E-state index contributed by atoms with van der Waals surface area (Å²) < 4.78 is 5.48. The maximum absolute atomic E-state index is 12.0. The number of hydrogen-bond acceptors (Lipinski definition) is 4. The summed E-state index contributed by atoms with van der Waals surface area (Å²) in [5, 5.41) is 5.32. The van der Waals surface area contributed by atoms with Crippen LogP contribution in [0.2, 0.25) is 0 Å². The minimum atomic E-state index is -0.255. The van der Waals surface area contributed by atoms with Crippen molar-refractivity contribution in [3.63, 3.8) is 0 Å². The molecule has 2 aromatic heterocycles. The van der Waals surface area contributed by atoms with Crippen molar-refractivity contribution in [1.29, 1.82) is 0 Å². The van der Waals surface area contributed by atoms with Gasteiger partial charge in [-0.2, -0.15) is 0 Å². The standard InChI is InChI=1S/C13H10N2O2S/c1-8-14-7-12(18-8)15-13(16)11-6-9-4-2-3-5-10(9)17-11/h2-7H,1H3,(H,15,16). The number of furan rings is 1. The van der Waals surface area contributed by atoms with E-state index >= 15 is 0 Å². The first kappa shape index (κ1) is 11.0. The number of nitrogens with one attached hydrogen (secondary N) is 1. The Bertz CT molecular complexity index is 681. The van der Waals surface area contributed by atoms with Crippen LogP contribution >= 0.6 is 11.3 Å². The first-order chi connectivity index (χ1) is 8.72. The van der Waals surface area contributed by atoms with Gasteiger partial charge >= 0.3 is 0 Å². The molecule has 2 heterocycles. The highest BCUT2D eigenvalue weighted by atomic mass is 32.1. The van der Waals surface area contributed by atoms with E-state index in [0.29, 0.717) is 11.3 Å². The third kappa shape index (κ3) is 2.00. The molecule has 0 aliphatic carbocycles. The second-order valence-corrected chi connectivity index (χ2v) is 5.08. The molecule has 0 aliphatic rings. The van der Waals surface area contributed by atoms with Crippen molar-refractivity contribution in [1.82, 2.24) is 4.98 Å². The molecule has 0 saturated heterocycles. The Labute approximate surface area is 107 Å². The number of rotatable bonds is 2. The molecule has 3 rings (SSSR count). The van der Waals surface area contributed by atoms with Crippen molar-refractivity contribution in [2.24, 2.45) is 0 Å². The molecule has 0 aliphatic heterocycles. The third-order valence-corrected chi connectivity index (χ3v) is 3.34. The Morgan fingerprint density at radius 2 is 2.22 bits per heavy atom. The summed E-state index contributed by atoms with van der Waals surface area (Å²) in [6, 6.07) is 9.26. The molecule has 3 aromatic rings. The summed E-state index contributed by atoms with van der Waals surface area (Å²) in [6.07, 6.45) is 1.64. The van der Waals surface area contributed by atoms with E-state index in [0.717, 1.165) is 15.4 Å². The lowest BCUT2D eigenvalue weighted by molar-refractivity contribution is 0.0999. The van der Waals surface area contributed by atoms with Crippen LogP contribution in [-0.2, 0) is 0 Å². The molecule has 0 radical (unpaired) electrons. The van der Waals surface area contributed by atoms with Crippen molar-refractivity contribution >= 4 is 33.2 Å². The van der Waals surface area contributed by atoms with Crippen molar-refractivity contribution in [3.05, 3.63) is 47.3 Å². The summed E-state index contributed by atoms with van der Waals surface area (Å²) in [6.45, 7) is 1.89. The van der Waals surface area contributed by atoms with Gasteiger partial charge in [0, 0.05) is 5.39 Å². The topological polar surface area (TPSA) is 55.1 Å². The number of anilines is 1. The molecule has 0 fully saturated rings. The van der Waals surface area contributed by atoms with E-state index in [1.165, 1.54) is 11.3 Å². The molecule has 0 spiro atoms. The predicted octanol–water partition coefficient (Wildman–Crippen LogP) is 3.45. The summed E-state index contributed by atoms with van der Waals surface area (Å²) in [5.41, 5.74) is 0.711. The number of amides is 1. The molecule has 5 heteroatoms. The van der Waals surface area contributed by atoms with Crippen LogP contribution in [0.15, 0.2) is 40.9 Å². The van der Waals surface area contributed by atoms with E-state index in [1.54, 1.807) is 12.3 Å². The zero-order chi connectivity index (χ0) is 12.5. The van der Waals surface area contributed by atoms with Crippen LogP contribution in [0.3, 0.4) is 0 Å². The Kier molecular flexibility index (Phi) is 2.60. The van der Waals surface area contributed by atoms with Crippen molar-refractivity contribution in [3.8, 4) is 0 Å². The van der Waals surface area contributed by atoms with Crippen LogP contribution < -0.4 is 5.32 Å². The van der Waals surface area contributed by atoms with Gasteiger partial charge in [0.25, 0.3) is 5.91 Å². The fraction of sp³-hybridized carbons (Fsp3) is 0.0769. The van der Waals surface area contributed by atoms with Crippen molar-refractivity contribution < 1.29 is 9.21 Å². The lowest BCUT2D eigenvalue weighted by Crippen LogP contribution is -2.09. The highest BCUT2D eigenvalue weighted by Crippen LogP contribution is 2.22. The maximum Gasteiger partial charge on any atom is 0.292 e. The molecule has 4 nitrogen and oxygen atoms in total. The maximum atomic E-state index is 12.0. The fourth-order valence-electron chi connectivity index (χ4n) is 1.69. The monoisotopic (exact) mass is 258 g/mol. The average molecular weight is 258 g/mol. The van der Waals surface area contributed by atoms with Crippen LogP contribution in [0.1, 0.15) is 15.6 Å². The van der Waals surface area contributed by atoms with Gasteiger partial charge in [-0.05, 0) is 19.1 Å². The number of hydrogen-bond donors (Lipinski definition) is 1. The van der Waals surface area contributed by atoms with E-state index in [1.807, 2.05) is 31.2 Å². The zero-order valence-electron chi connectivity index (χ0n) is 9.64. The lowest BCUT2D eigenvalue weighted by atomic mass is 10.2. The Morgan fingerprint density at radius 1 is 1.39 bits per heavy atom. The van der Waals surface area contributed by atoms with E-state index in [4.69, 9.17) is 4.42 Å². The van der Waals surface area contributed by atoms with Gasteiger partial charge < -0.3 is 9.73 Å². The van der Waals surface area contributed by atoms with Gasteiger partial charge in [-0.25, -0.2) is 4.98 Å². The number of benzene rings is 1. The second kappa shape index (κ2) is 4.27. The fourth-order valence-corrected chi connectivity index (χ4v) is 2.36. The van der Waals surface area contributed by atoms with Crippen LogP contribution in [0.5, 0.6) is 0 Å². The van der Waals surface area contributed by atoms with E-state index in [9.17, 15) is 4.79 Å². The first-order valence-corrected chi connectivity index (χ1v) is 6.26. The Hall–Kier alpha value is -2.14. The number of aromatic nitrogens is 1. The van der Waals surface area contributed by atoms with Gasteiger partial charge in [0.15, 0.2) is 5.76 Å². The highest BCUT2D eigenvalue weighted by molar-refractivity contribution is 7.15. The molecule has 1 aromatic carbocycles. The summed E-state index contributed by atoms with van der Waals surface area (Å²) >= 11 is 1.43. The quantitative estimate of drug-likeness (QED) is 0.766. The minimum absolute atomic E-state index is 0.255. The normalized spacial score (nSPS) is 10.7. The molecule has 1 amide bonds. The van der Waals surface area contributed by atoms with Crippen molar-refractivity contribution in [2.75, 3.05) is 5.32 Å². The van der Waals surface area contributed by atoms with Gasteiger partial charge in [-0.3, -0.25) is 4.79 Å². The van der Waals surface area contributed by atoms with Crippen molar-refractivity contribution in [2.45, 2.75) is 6.92 Å². The molecule has 18 heavy (non-hydrogen) atoms. The number of nitrogens with zero attached hydrogens (tertiary/aromatic N) is 1. The van der Waals surface area contributed by atoms with E-state index in [-0.39, 0.29) is 5.91 Å². The number of thiazole rings is 1. The molecule has 0 bridgehead atoms. The van der Waals surface area contributed by atoms with Crippen LogP contribution in [-0.4, -0.2) is 10.9 Å². The SMILES string of the molecule is Cc1ncc(NC(=O)c2cc3ccccc3o2)s1. The number of para-hydroxylation sites is 1. The van der Waals surface area contributed by atoms with Gasteiger partial charge in [-0.1, -0.05) is 18.2 Å². The zero-order valence-corrected chi connectivity index (χ0v) is 10.5. The van der Waals surface area contributed by atoms with Gasteiger partial charge in [0.1, 0.15) is 10.6 Å². The van der Waals surface area contributed by atoms with Gasteiger partial charge in [0.2, 0.25) is 0 Å². The molecular weight excluding hydrogens is 248 g/mol. The summed E-state index contributed by atoms with van der Waals surface area (Å²) in [4.78, 5) is 16.0. The Balaban J connectivity index is 1.87. The molecule has 90 valence electrons. The first-order valence-electron chi connectivity index (χ1n) is 5.45. The second-order valence-electron chi connectivity index (χ2n) is 3.85. The largest absolute Gasteiger partial charge is 0.451 e. The molecule has 0 unspecified atom stereocenters. The van der Waals surface area contributed by atoms with Gasteiger partial charge in [0.05, 0.1) is 11.2 Å². The molecule has 0 atom stereocenters. The molecular formula is C13H10N2O2S.